The average molecular weight is 423 g/mol. The van der Waals surface area contributed by atoms with Gasteiger partial charge in [0.25, 0.3) is 5.91 Å². The number of hydrogen-bond donors (Lipinski definition) is 1. The number of aryl methyl sites for hydroxylation is 1. The summed E-state index contributed by atoms with van der Waals surface area (Å²) in [5, 5.41) is 4.78. The maximum Gasteiger partial charge on any atom is 0.263 e. The Bertz CT molecular complexity index is 976. The number of carbonyl (C=O) groups is 1. The van der Waals surface area contributed by atoms with Crippen LogP contribution in [0.25, 0.3) is 10.1 Å². The number of hydrogen-bond acceptors (Lipinski definition) is 4. The van der Waals surface area contributed by atoms with Crippen LogP contribution in [0.1, 0.15) is 40.1 Å². The molecule has 0 unspecified atom stereocenters. The molecule has 1 atom stereocenters. The van der Waals surface area contributed by atoms with E-state index in [0.717, 1.165) is 34.7 Å². The number of benzene rings is 1. The lowest BCUT2D eigenvalue weighted by molar-refractivity contribution is 0.0938. The summed E-state index contributed by atoms with van der Waals surface area (Å²) in [6.07, 6.45) is 2.34. The number of carbonyl (C=O) groups excluding carboxylic acids is 1. The molecule has 1 saturated heterocycles. The predicted molar refractivity (Wildman–Crippen MR) is 111 cm³/mol. The first-order valence-electron chi connectivity index (χ1n) is 8.99. The van der Waals surface area contributed by atoms with Gasteiger partial charge in [-0.1, -0.05) is 29.3 Å². The van der Waals surface area contributed by atoms with Crippen molar-refractivity contribution in [2.24, 2.45) is 0 Å². The lowest BCUT2D eigenvalue weighted by Crippen LogP contribution is -2.36. The van der Waals surface area contributed by atoms with Crippen LogP contribution in [0.5, 0.6) is 0 Å². The van der Waals surface area contributed by atoms with Crippen LogP contribution >= 0.6 is 34.5 Å². The van der Waals surface area contributed by atoms with Crippen molar-refractivity contribution in [3.05, 3.63) is 56.8 Å². The minimum atomic E-state index is -0.176. The second kappa shape index (κ2) is 7.84. The van der Waals surface area contributed by atoms with E-state index in [1.165, 1.54) is 24.2 Å². The molecular weight excluding hydrogens is 403 g/mol. The Labute approximate surface area is 172 Å². The van der Waals surface area contributed by atoms with Gasteiger partial charge in [-0.2, -0.15) is 0 Å². The highest BCUT2D eigenvalue weighted by molar-refractivity contribution is 7.21. The molecule has 4 rings (SSSR count). The van der Waals surface area contributed by atoms with Crippen LogP contribution in [0, 0.1) is 6.92 Å². The smallest absolute Gasteiger partial charge is 0.263 e. The number of amides is 1. The van der Waals surface area contributed by atoms with E-state index in [9.17, 15) is 4.79 Å². The van der Waals surface area contributed by atoms with Crippen LogP contribution in [0.3, 0.4) is 0 Å². The molecule has 7 heteroatoms. The molecule has 27 heavy (non-hydrogen) atoms. The molecule has 4 nitrogen and oxygen atoms in total. The number of likely N-dealkylation sites (tertiary alicyclic amines) is 1. The zero-order valence-corrected chi connectivity index (χ0v) is 17.3. The second-order valence-electron chi connectivity index (χ2n) is 6.78. The summed E-state index contributed by atoms with van der Waals surface area (Å²) in [5.41, 5.74) is 0. The summed E-state index contributed by atoms with van der Waals surface area (Å²) in [7, 11) is 0. The Morgan fingerprint density at radius 2 is 2.04 bits per heavy atom. The Morgan fingerprint density at radius 1 is 1.26 bits per heavy atom. The van der Waals surface area contributed by atoms with Gasteiger partial charge in [0.05, 0.1) is 16.1 Å². The van der Waals surface area contributed by atoms with Crippen molar-refractivity contribution in [3.8, 4) is 0 Å². The van der Waals surface area contributed by atoms with Crippen LogP contribution in [0.15, 0.2) is 34.7 Å². The molecule has 142 valence electrons. The van der Waals surface area contributed by atoms with Crippen molar-refractivity contribution in [3.63, 3.8) is 0 Å². The van der Waals surface area contributed by atoms with Crippen molar-refractivity contribution < 1.29 is 9.21 Å². The highest BCUT2D eigenvalue weighted by Gasteiger charge is 2.27. The molecule has 0 saturated carbocycles. The Balaban J connectivity index is 1.55. The number of furan rings is 1. The van der Waals surface area contributed by atoms with Gasteiger partial charge in [0.2, 0.25) is 0 Å². The lowest BCUT2D eigenvalue weighted by atomic mass is 10.2. The maximum absolute atomic E-state index is 12.8. The number of nitrogens with one attached hydrogen (secondary N) is 1. The zero-order valence-electron chi connectivity index (χ0n) is 14.9. The largest absolute Gasteiger partial charge is 0.465 e. The van der Waals surface area contributed by atoms with E-state index in [1.807, 2.05) is 31.2 Å². The fourth-order valence-corrected chi connectivity index (χ4v) is 5.45. The molecule has 3 aromatic rings. The van der Waals surface area contributed by atoms with E-state index in [0.29, 0.717) is 21.5 Å². The van der Waals surface area contributed by atoms with Gasteiger partial charge in [-0.05, 0) is 57.1 Å². The monoisotopic (exact) mass is 422 g/mol. The van der Waals surface area contributed by atoms with Gasteiger partial charge >= 0.3 is 0 Å². The molecule has 0 radical (unpaired) electrons. The molecular formula is C20H20Cl2N2O2S. The third kappa shape index (κ3) is 3.74. The van der Waals surface area contributed by atoms with Crippen molar-refractivity contribution in [1.29, 1.82) is 0 Å². The summed E-state index contributed by atoms with van der Waals surface area (Å²) in [6, 6.07) is 9.56. The van der Waals surface area contributed by atoms with E-state index >= 15 is 0 Å². The summed E-state index contributed by atoms with van der Waals surface area (Å²) in [5.74, 6) is 1.59. The van der Waals surface area contributed by atoms with Gasteiger partial charge in [-0.25, -0.2) is 0 Å². The first kappa shape index (κ1) is 18.8. The minimum absolute atomic E-state index is 0.0295. The number of halogens is 2. The van der Waals surface area contributed by atoms with Crippen LogP contribution in [-0.4, -0.2) is 30.4 Å². The SMILES string of the molecule is Cc1ccc([C@@H](CNC(=O)c2sc3cccc(Cl)c3c2Cl)N2CCCC2)o1. The lowest BCUT2D eigenvalue weighted by Gasteiger charge is -2.26. The summed E-state index contributed by atoms with van der Waals surface area (Å²) in [4.78, 5) is 15.7. The summed E-state index contributed by atoms with van der Waals surface area (Å²) >= 11 is 14.1. The molecule has 2 aromatic heterocycles. The first-order chi connectivity index (χ1) is 13.0. The van der Waals surface area contributed by atoms with Crippen molar-refractivity contribution in [2.45, 2.75) is 25.8 Å². The highest BCUT2D eigenvalue weighted by atomic mass is 35.5. The topological polar surface area (TPSA) is 45.5 Å². The summed E-state index contributed by atoms with van der Waals surface area (Å²) in [6.45, 7) is 4.44. The highest BCUT2D eigenvalue weighted by Crippen LogP contribution is 2.39. The van der Waals surface area contributed by atoms with Crippen LogP contribution in [0.2, 0.25) is 10.0 Å². The molecule has 0 bridgehead atoms. The molecule has 0 spiro atoms. The molecule has 1 N–H and O–H groups in total. The van der Waals surface area contributed by atoms with Crippen molar-refractivity contribution in [1.82, 2.24) is 10.2 Å². The van der Waals surface area contributed by atoms with Gasteiger partial charge in [0.15, 0.2) is 0 Å². The predicted octanol–water partition coefficient (Wildman–Crippen LogP) is 5.68. The molecule has 3 heterocycles. The van der Waals surface area contributed by atoms with E-state index < -0.39 is 0 Å². The fraction of sp³-hybridized carbons (Fsp3) is 0.350. The quantitative estimate of drug-likeness (QED) is 0.575. The zero-order chi connectivity index (χ0) is 19.0. The number of rotatable bonds is 5. The van der Waals surface area contributed by atoms with Gasteiger partial charge in [-0.3, -0.25) is 9.69 Å². The van der Waals surface area contributed by atoms with E-state index in [-0.39, 0.29) is 11.9 Å². The molecule has 1 fully saturated rings. The van der Waals surface area contributed by atoms with Crippen molar-refractivity contribution >= 4 is 50.5 Å². The summed E-state index contributed by atoms with van der Waals surface area (Å²) < 4.78 is 6.76. The number of nitrogens with zero attached hydrogens (tertiary/aromatic N) is 1. The van der Waals surface area contributed by atoms with Gasteiger partial charge in [0.1, 0.15) is 16.4 Å². The molecule has 0 aliphatic carbocycles. The van der Waals surface area contributed by atoms with Crippen molar-refractivity contribution in [2.75, 3.05) is 19.6 Å². The third-order valence-corrected chi connectivity index (χ3v) is 6.90. The van der Waals surface area contributed by atoms with Crippen LogP contribution < -0.4 is 5.32 Å². The Kier molecular flexibility index (Phi) is 5.46. The van der Waals surface area contributed by atoms with E-state index in [4.69, 9.17) is 27.6 Å². The normalized spacial score (nSPS) is 16.1. The molecule has 1 amide bonds. The molecule has 1 aliphatic rings. The first-order valence-corrected chi connectivity index (χ1v) is 10.6. The Morgan fingerprint density at radius 3 is 2.70 bits per heavy atom. The third-order valence-electron chi connectivity index (χ3n) is 4.94. The Hall–Kier alpha value is -1.53. The van der Waals surface area contributed by atoms with Crippen LogP contribution in [0.4, 0.5) is 0 Å². The van der Waals surface area contributed by atoms with E-state index in [2.05, 4.69) is 10.2 Å². The second-order valence-corrected chi connectivity index (χ2v) is 8.61. The van der Waals surface area contributed by atoms with Gasteiger partial charge in [0, 0.05) is 16.6 Å². The van der Waals surface area contributed by atoms with Gasteiger partial charge in [-0.15, -0.1) is 11.3 Å². The molecule has 1 aromatic carbocycles. The number of fused-ring (bicyclic) bond motifs is 1. The molecule has 1 aliphatic heterocycles. The minimum Gasteiger partial charge on any atom is -0.465 e. The fourth-order valence-electron chi connectivity index (χ4n) is 3.58. The maximum atomic E-state index is 12.8. The average Bonchev–Trinajstić information content (AvgIpc) is 3.37. The van der Waals surface area contributed by atoms with Crippen LogP contribution in [-0.2, 0) is 0 Å². The van der Waals surface area contributed by atoms with Gasteiger partial charge < -0.3 is 9.73 Å². The number of thiophene rings is 1. The van der Waals surface area contributed by atoms with E-state index in [1.54, 1.807) is 6.07 Å². The standard InChI is InChI=1S/C20H20Cl2N2O2S/c1-12-7-8-15(26-12)14(24-9-2-3-10-24)11-23-20(25)19-18(22)17-13(21)5-4-6-16(17)27-19/h4-8,14H,2-3,9-11H2,1H3,(H,23,25)/t14-/m1/s1.